The van der Waals surface area contributed by atoms with Crippen LogP contribution in [-0.4, -0.2) is 11.7 Å². The molecule has 1 nitrogen and oxygen atoms in total. The van der Waals surface area contributed by atoms with Crippen LogP contribution in [0.1, 0.15) is 76.0 Å². The molecule has 0 bridgehead atoms. The molecule has 0 saturated heterocycles. The normalized spacial score (nSPS) is 12.1. The minimum Gasteiger partial charge on any atom is -0.396 e. The summed E-state index contributed by atoms with van der Waals surface area (Å²) in [7, 11) is 0. The van der Waals surface area contributed by atoms with Crippen molar-refractivity contribution >= 4 is 0 Å². The lowest BCUT2D eigenvalue weighted by Gasteiger charge is -2.15. The first-order valence-corrected chi connectivity index (χ1v) is 13.1. The molecular weight excluding hydrogens is 400 g/mol. The van der Waals surface area contributed by atoms with Gasteiger partial charge in [0, 0.05) is 6.61 Å². The van der Waals surface area contributed by atoms with Crippen molar-refractivity contribution in [3.05, 3.63) is 83.4 Å². The molecule has 0 fully saturated rings. The van der Waals surface area contributed by atoms with Gasteiger partial charge in [-0.25, -0.2) is 0 Å². The molecule has 1 N–H and O–H groups in total. The summed E-state index contributed by atoms with van der Waals surface area (Å²) in [6, 6.07) is 25.2. The van der Waals surface area contributed by atoms with Crippen molar-refractivity contribution in [1.82, 2.24) is 0 Å². The largest absolute Gasteiger partial charge is 0.396 e. The van der Waals surface area contributed by atoms with Crippen molar-refractivity contribution in [2.24, 2.45) is 5.92 Å². The molecule has 0 aliphatic heterocycles. The summed E-state index contributed by atoms with van der Waals surface area (Å²) < 4.78 is 0. The van der Waals surface area contributed by atoms with E-state index < -0.39 is 0 Å². The quantitative estimate of drug-likeness (QED) is 0.263. The Morgan fingerprint density at radius 3 is 2.00 bits per heavy atom. The molecule has 33 heavy (non-hydrogen) atoms. The maximum Gasteiger partial charge on any atom is 0.0431 e. The predicted octanol–water partition coefficient (Wildman–Crippen LogP) is 8.66. The highest BCUT2D eigenvalue weighted by molar-refractivity contribution is 5.74. The molecule has 0 aliphatic carbocycles. The number of aliphatic hydroxyl groups excluding tert-OH is 1. The van der Waals surface area contributed by atoms with Gasteiger partial charge >= 0.3 is 0 Å². The fourth-order valence-electron chi connectivity index (χ4n) is 4.75. The molecule has 0 saturated carbocycles. The molecule has 1 unspecified atom stereocenters. The van der Waals surface area contributed by atoms with Gasteiger partial charge in [-0.3, -0.25) is 0 Å². The molecule has 1 atom stereocenters. The lowest BCUT2D eigenvalue weighted by atomic mass is 9.90. The van der Waals surface area contributed by atoms with E-state index in [4.69, 9.17) is 5.11 Å². The molecule has 1 heteroatoms. The second-order valence-electron chi connectivity index (χ2n) is 9.42. The highest BCUT2D eigenvalue weighted by Gasteiger charge is 2.09. The van der Waals surface area contributed by atoms with E-state index in [-0.39, 0.29) is 6.61 Å². The van der Waals surface area contributed by atoms with E-state index in [2.05, 4.69) is 87.5 Å². The standard InChI is InChI=1S/C32H42O/c1-4-7-10-25(5-2)23-27-14-16-29(17-15-27)31-20-21-32(28(6-3)24-31)30-18-12-26(13-19-30)11-8-9-22-33/h12-21,24-25,33H,4-11,22-23H2,1-3H3. The first-order chi connectivity index (χ1) is 16.2. The average molecular weight is 443 g/mol. The van der Waals surface area contributed by atoms with E-state index >= 15 is 0 Å². The van der Waals surface area contributed by atoms with E-state index in [1.54, 1.807) is 0 Å². The van der Waals surface area contributed by atoms with Crippen LogP contribution in [0.4, 0.5) is 0 Å². The van der Waals surface area contributed by atoms with Gasteiger partial charge in [0.1, 0.15) is 0 Å². The van der Waals surface area contributed by atoms with Crippen LogP contribution in [0.25, 0.3) is 22.3 Å². The average Bonchev–Trinajstić information content (AvgIpc) is 2.87. The maximum atomic E-state index is 8.99. The Balaban J connectivity index is 1.72. The van der Waals surface area contributed by atoms with Crippen molar-refractivity contribution in [2.75, 3.05) is 6.61 Å². The highest BCUT2D eigenvalue weighted by Crippen LogP contribution is 2.30. The summed E-state index contributed by atoms with van der Waals surface area (Å²) >= 11 is 0. The van der Waals surface area contributed by atoms with Gasteiger partial charge in [0.2, 0.25) is 0 Å². The van der Waals surface area contributed by atoms with Crippen molar-refractivity contribution < 1.29 is 5.11 Å². The molecular formula is C32H42O. The van der Waals surface area contributed by atoms with E-state index in [0.29, 0.717) is 0 Å². The van der Waals surface area contributed by atoms with Crippen LogP contribution in [0, 0.1) is 5.92 Å². The van der Waals surface area contributed by atoms with Crippen LogP contribution in [-0.2, 0) is 19.3 Å². The molecule has 176 valence electrons. The zero-order valence-electron chi connectivity index (χ0n) is 20.9. The summed E-state index contributed by atoms with van der Waals surface area (Å²) in [6.07, 6.45) is 10.4. The van der Waals surface area contributed by atoms with Crippen molar-refractivity contribution in [3.8, 4) is 22.3 Å². The van der Waals surface area contributed by atoms with Crippen molar-refractivity contribution in [3.63, 3.8) is 0 Å². The summed E-state index contributed by atoms with van der Waals surface area (Å²) in [5.74, 6) is 0.808. The number of benzene rings is 3. The molecule has 3 aromatic carbocycles. The van der Waals surface area contributed by atoms with Crippen LogP contribution in [0.5, 0.6) is 0 Å². The van der Waals surface area contributed by atoms with Crippen LogP contribution >= 0.6 is 0 Å². The zero-order chi connectivity index (χ0) is 23.5. The Labute approximate surface area is 201 Å². The lowest BCUT2D eigenvalue weighted by molar-refractivity contribution is 0.284. The zero-order valence-corrected chi connectivity index (χ0v) is 20.9. The van der Waals surface area contributed by atoms with Gasteiger partial charge < -0.3 is 5.11 Å². The monoisotopic (exact) mass is 442 g/mol. The smallest absolute Gasteiger partial charge is 0.0431 e. The summed E-state index contributed by atoms with van der Waals surface area (Å²) in [4.78, 5) is 0. The summed E-state index contributed by atoms with van der Waals surface area (Å²) in [6.45, 7) is 7.14. The Kier molecular flexibility index (Phi) is 10.2. The maximum absolute atomic E-state index is 8.99. The SMILES string of the molecule is CCCCC(CC)Cc1ccc(-c2ccc(-c3ccc(CCCCO)cc3)c(CC)c2)cc1. The second kappa shape index (κ2) is 13.4. The minimum absolute atomic E-state index is 0.283. The molecule has 3 aromatic rings. The number of aryl methyl sites for hydroxylation is 2. The summed E-state index contributed by atoms with van der Waals surface area (Å²) in [5, 5.41) is 8.99. The summed E-state index contributed by atoms with van der Waals surface area (Å²) in [5.41, 5.74) is 9.45. The van der Waals surface area contributed by atoms with E-state index in [9.17, 15) is 0 Å². The molecule has 0 heterocycles. The van der Waals surface area contributed by atoms with Crippen molar-refractivity contribution in [2.45, 2.75) is 78.6 Å². The van der Waals surface area contributed by atoms with E-state index in [1.165, 1.54) is 71.0 Å². The van der Waals surface area contributed by atoms with Gasteiger partial charge in [0.05, 0.1) is 0 Å². The topological polar surface area (TPSA) is 20.2 Å². The minimum atomic E-state index is 0.283. The number of hydrogen-bond acceptors (Lipinski definition) is 1. The third kappa shape index (κ3) is 7.30. The predicted molar refractivity (Wildman–Crippen MR) is 144 cm³/mol. The van der Waals surface area contributed by atoms with Gasteiger partial charge in [-0.1, -0.05) is 113 Å². The Morgan fingerprint density at radius 2 is 1.36 bits per heavy atom. The Bertz CT molecular complexity index is 953. The van der Waals surface area contributed by atoms with Crippen LogP contribution in [0.15, 0.2) is 66.7 Å². The second-order valence-corrected chi connectivity index (χ2v) is 9.42. The molecule has 0 spiro atoms. The first kappa shape index (κ1) is 25.2. The van der Waals surface area contributed by atoms with Crippen molar-refractivity contribution in [1.29, 1.82) is 0 Å². The first-order valence-electron chi connectivity index (χ1n) is 13.1. The van der Waals surface area contributed by atoms with E-state index in [1.807, 2.05) is 0 Å². The van der Waals surface area contributed by atoms with Gasteiger partial charge in [0.25, 0.3) is 0 Å². The van der Waals surface area contributed by atoms with Crippen LogP contribution < -0.4 is 0 Å². The molecule has 0 radical (unpaired) electrons. The van der Waals surface area contributed by atoms with E-state index in [0.717, 1.165) is 31.6 Å². The molecule has 3 rings (SSSR count). The third-order valence-electron chi connectivity index (χ3n) is 6.98. The van der Waals surface area contributed by atoms with Crippen LogP contribution in [0.2, 0.25) is 0 Å². The number of unbranched alkanes of at least 4 members (excludes halogenated alkanes) is 2. The highest BCUT2D eigenvalue weighted by atomic mass is 16.2. The number of rotatable bonds is 13. The molecule has 0 aromatic heterocycles. The Hall–Kier alpha value is -2.38. The fraction of sp³-hybridized carbons (Fsp3) is 0.438. The fourth-order valence-corrected chi connectivity index (χ4v) is 4.75. The van der Waals surface area contributed by atoms with Crippen LogP contribution in [0.3, 0.4) is 0 Å². The van der Waals surface area contributed by atoms with Gasteiger partial charge in [-0.2, -0.15) is 0 Å². The van der Waals surface area contributed by atoms with Gasteiger partial charge in [-0.05, 0) is 77.0 Å². The van der Waals surface area contributed by atoms with Gasteiger partial charge in [-0.15, -0.1) is 0 Å². The molecule has 0 amide bonds. The number of hydrogen-bond donors (Lipinski definition) is 1. The molecule has 0 aliphatic rings. The number of aliphatic hydroxyl groups is 1. The third-order valence-corrected chi connectivity index (χ3v) is 6.98. The van der Waals surface area contributed by atoms with Gasteiger partial charge in [0.15, 0.2) is 0 Å². The lowest BCUT2D eigenvalue weighted by Crippen LogP contribution is -2.03. The Morgan fingerprint density at radius 1 is 0.697 bits per heavy atom.